The van der Waals surface area contributed by atoms with Gasteiger partial charge in [-0.25, -0.2) is 0 Å². The lowest BCUT2D eigenvalue weighted by Crippen LogP contribution is -2.38. The molecule has 0 amide bonds. The van der Waals surface area contributed by atoms with Crippen molar-refractivity contribution in [1.82, 2.24) is 4.90 Å². The lowest BCUT2D eigenvalue weighted by atomic mass is 10.0. The molecule has 20 heavy (non-hydrogen) atoms. The van der Waals surface area contributed by atoms with Crippen molar-refractivity contribution in [3.05, 3.63) is 23.8 Å². The maximum Gasteiger partial charge on any atom is 0.127 e. The second kappa shape index (κ2) is 8.39. The summed E-state index contributed by atoms with van der Waals surface area (Å²) in [5, 5.41) is 0. The fourth-order valence-corrected chi connectivity index (χ4v) is 2.99. The van der Waals surface area contributed by atoms with Gasteiger partial charge in [-0.05, 0) is 26.3 Å². The number of nitrogens with zero attached hydrogens (tertiary/aromatic N) is 1. The summed E-state index contributed by atoms with van der Waals surface area (Å²) in [6.45, 7) is 2.77. The van der Waals surface area contributed by atoms with E-state index in [0.717, 1.165) is 22.8 Å². The Morgan fingerprint density at radius 2 is 2.00 bits per heavy atom. The first kappa shape index (κ1) is 17.1. The lowest BCUT2D eigenvalue weighted by Gasteiger charge is -2.33. The molecule has 1 aromatic rings. The van der Waals surface area contributed by atoms with Crippen molar-refractivity contribution >= 4 is 11.8 Å². The number of rotatable bonds is 8. The van der Waals surface area contributed by atoms with Crippen LogP contribution in [-0.2, 0) is 0 Å². The summed E-state index contributed by atoms with van der Waals surface area (Å²) in [7, 11) is 5.45. The molecule has 1 rings (SSSR count). The van der Waals surface area contributed by atoms with Crippen molar-refractivity contribution in [2.45, 2.75) is 19.0 Å². The van der Waals surface area contributed by atoms with E-state index >= 15 is 0 Å². The normalized spacial score (nSPS) is 14.2. The third kappa shape index (κ3) is 4.04. The summed E-state index contributed by atoms with van der Waals surface area (Å²) in [5.74, 6) is 2.69. The molecule has 0 fully saturated rings. The van der Waals surface area contributed by atoms with E-state index in [1.165, 1.54) is 0 Å². The second-order valence-electron chi connectivity index (χ2n) is 4.83. The maximum atomic E-state index is 6.00. The molecule has 0 spiro atoms. The Morgan fingerprint density at radius 3 is 2.50 bits per heavy atom. The summed E-state index contributed by atoms with van der Waals surface area (Å²) in [6, 6.07) is 6.49. The zero-order valence-electron chi connectivity index (χ0n) is 13.1. The van der Waals surface area contributed by atoms with Gasteiger partial charge in [0.2, 0.25) is 0 Å². The molecule has 5 heteroatoms. The minimum Gasteiger partial charge on any atom is -0.497 e. The van der Waals surface area contributed by atoms with Crippen molar-refractivity contribution in [3.8, 4) is 11.5 Å². The van der Waals surface area contributed by atoms with Crippen molar-refractivity contribution in [3.63, 3.8) is 0 Å². The Balaban J connectivity index is 3.05. The van der Waals surface area contributed by atoms with E-state index in [2.05, 4.69) is 25.1 Å². The van der Waals surface area contributed by atoms with Crippen LogP contribution in [0.15, 0.2) is 18.2 Å². The summed E-state index contributed by atoms with van der Waals surface area (Å²) < 4.78 is 10.7. The Morgan fingerprint density at radius 1 is 1.30 bits per heavy atom. The van der Waals surface area contributed by atoms with Gasteiger partial charge in [-0.2, -0.15) is 11.8 Å². The van der Waals surface area contributed by atoms with Gasteiger partial charge in [0, 0.05) is 30.0 Å². The number of hydrogen-bond acceptors (Lipinski definition) is 5. The molecule has 4 nitrogen and oxygen atoms in total. The van der Waals surface area contributed by atoms with Gasteiger partial charge < -0.3 is 15.2 Å². The van der Waals surface area contributed by atoms with Crippen molar-refractivity contribution in [2.24, 2.45) is 5.73 Å². The predicted molar refractivity (Wildman–Crippen MR) is 86.9 cm³/mol. The fourth-order valence-electron chi connectivity index (χ4n) is 2.27. The molecule has 0 aliphatic carbocycles. The number of ether oxygens (including phenoxy) is 2. The first-order chi connectivity index (χ1) is 9.58. The van der Waals surface area contributed by atoms with E-state index in [1.54, 1.807) is 14.2 Å². The van der Waals surface area contributed by atoms with Gasteiger partial charge >= 0.3 is 0 Å². The molecule has 0 heterocycles. The van der Waals surface area contributed by atoms with Crippen LogP contribution in [0.2, 0.25) is 0 Å². The average molecular weight is 298 g/mol. The molecule has 0 aromatic heterocycles. The molecule has 2 N–H and O–H groups in total. The Bertz CT molecular complexity index is 415. The van der Waals surface area contributed by atoms with Gasteiger partial charge in [0.15, 0.2) is 0 Å². The van der Waals surface area contributed by atoms with Crippen molar-refractivity contribution in [1.29, 1.82) is 0 Å². The highest BCUT2D eigenvalue weighted by Crippen LogP contribution is 2.32. The molecule has 1 aromatic carbocycles. The Labute approximate surface area is 126 Å². The standard InChI is InChI=1S/C15H26N2O2S/c1-11(10-20-5)17(2)14(9-16)13-7-6-12(18-3)8-15(13)19-4/h6-8,11,14H,9-10,16H2,1-5H3. The van der Waals surface area contributed by atoms with Gasteiger partial charge in [-0.15, -0.1) is 0 Å². The van der Waals surface area contributed by atoms with Crippen LogP contribution in [0.4, 0.5) is 0 Å². The monoisotopic (exact) mass is 298 g/mol. The Hall–Kier alpha value is -0.910. The molecule has 0 saturated carbocycles. The zero-order valence-corrected chi connectivity index (χ0v) is 13.9. The number of likely N-dealkylation sites (N-methyl/N-ethyl adjacent to an activating group) is 1. The number of benzene rings is 1. The quantitative estimate of drug-likeness (QED) is 0.798. The summed E-state index contributed by atoms with van der Waals surface area (Å²) >= 11 is 1.84. The molecule has 0 aliphatic rings. The molecule has 0 radical (unpaired) electrons. The van der Waals surface area contributed by atoms with Crippen LogP contribution in [0.25, 0.3) is 0 Å². The third-order valence-electron chi connectivity index (χ3n) is 3.62. The minimum atomic E-state index is 0.137. The minimum absolute atomic E-state index is 0.137. The number of hydrogen-bond donors (Lipinski definition) is 1. The molecule has 0 bridgehead atoms. The number of thioether (sulfide) groups is 1. The van der Waals surface area contributed by atoms with Crippen molar-refractivity contribution < 1.29 is 9.47 Å². The molecule has 2 atom stereocenters. The van der Waals surface area contributed by atoms with E-state index in [9.17, 15) is 0 Å². The van der Waals surface area contributed by atoms with E-state index in [0.29, 0.717) is 12.6 Å². The third-order valence-corrected chi connectivity index (χ3v) is 4.43. The van der Waals surface area contributed by atoms with E-state index in [-0.39, 0.29) is 6.04 Å². The van der Waals surface area contributed by atoms with E-state index in [4.69, 9.17) is 15.2 Å². The number of nitrogens with two attached hydrogens (primary N) is 1. The van der Waals surface area contributed by atoms with Crippen LogP contribution in [0.3, 0.4) is 0 Å². The van der Waals surface area contributed by atoms with Crippen LogP contribution in [0.1, 0.15) is 18.5 Å². The molecule has 0 saturated heterocycles. The maximum absolute atomic E-state index is 6.00. The SMILES string of the molecule is COc1ccc(C(CN)N(C)C(C)CSC)c(OC)c1. The summed E-state index contributed by atoms with van der Waals surface area (Å²) in [4.78, 5) is 2.31. The summed E-state index contributed by atoms with van der Waals surface area (Å²) in [6.07, 6.45) is 2.12. The largest absolute Gasteiger partial charge is 0.497 e. The zero-order chi connectivity index (χ0) is 15.1. The van der Waals surface area contributed by atoms with E-state index < -0.39 is 0 Å². The van der Waals surface area contributed by atoms with Gasteiger partial charge in [0.1, 0.15) is 11.5 Å². The molecule has 114 valence electrons. The Kier molecular flexibility index (Phi) is 7.19. The van der Waals surface area contributed by atoms with Gasteiger partial charge in [-0.1, -0.05) is 6.07 Å². The van der Waals surface area contributed by atoms with Gasteiger partial charge in [0.25, 0.3) is 0 Å². The fraction of sp³-hybridized carbons (Fsp3) is 0.600. The second-order valence-corrected chi connectivity index (χ2v) is 5.74. The van der Waals surface area contributed by atoms with Gasteiger partial charge in [0.05, 0.1) is 20.3 Å². The highest BCUT2D eigenvalue weighted by Gasteiger charge is 2.23. The summed E-state index contributed by atoms with van der Waals surface area (Å²) in [5.41, 5.74) is 7.10. The number of methoxy groups -OCH3 is 2. The smallest absolute Gasteiger partial charge is 0.127 e. The van der Waals surface area contributed by atoms with Crippen LogP contribution in [0, 0.1) is 0 Å². The van der Waals surface area contributed by atoms with Crippen LogP contribution >= 0.6 is 11.8 Å². The first-order valence-electron chi connectivity index (χ1n) is 6.71. The molecular weight excluding hydrogens is 272 g/mol. The van der Waals surface area contributed by atoms with Crippen LogP contribution < -0.4 is 15.2 Å². The predicted octanol–water partition coefficient (Wildman–Crippen LogP) is 2.39. The van der Waals surface area contributed by atoms with Crippen LogP contribution in [-0.4, -0.2) is 50.8 Å². The highest BCUT2D eigenvalue weighted by molar-refractivity contribution is 7.98. The van der Waals surface area contributed by atoms with E-state index in [1.807, 2.05) is 30.0 Å². The van der Waals surface area contributed by atoms with Crippen molar-refractivity contribution in [2.75, 3.05) is 39.8 Å². The first-order valence-corrected chi connectivity index (χ1v) is 8.11. The molecule has 2 unspecified atom stereocenters. The molecule has 0 aliphatic heterocycles. The topological polar surface area (TPSA) is 47.7 Å². The van der Waals surface area contributed by atoms with Gasteiger partial charge in [-0.3, -0.25) is 4.90 Å². The molecular formula is C15H26N2O2S. The highest BCUT2D eigenvalue weighted by atomic mass is 32.2. The van der Waals surface area contributed by atoms with Crippen LogP contribution in [0.5, 0.6) is 11.5 Å². The lowest BCUT2D eigenvalue weighted by molar-refractivity contribution is 0.200. The average Bonchev–Trinajstić information content (AvgIpc) is 2.48.